The molecule has 0 aliphatic heterocycles. The van der Waals surface area contributed by atoms with E-state index in [2.05, 4.69) is 145 Å². The molecule has 0 N–H and O–H groups in total. The molecule has 2 aromatic heterocycles. The van der Waals surface area contributed by atoms with Gasteiger partial charge in [-0.15, -0.1) is 0 Å². The van der Waals surface area contributed by atoms with E-state index in [0.29, 0.717) is 5.82 Å². The first-order chi connectivity index (χ1) is 18.8. The molecule has 0 aliphatic carbocycles. The maximum Gasteiger partial charge on any atom is 0.162 e. The van der Waals surface area contributed by atoms with E-state index in [0.717, 1.165) is 26.8 Å². The first-order valence-electron chi connectivity index (χ1n) is 12.4. The summed E-state index contributed by atoms with van der Waals surface area (Å²) in [5, 5.41) is 2.39. The van der Waals surface area contributed by atoms with Gasteiger partial charge in [-0.25, -0.2) is 15.0 Å². The maximum atomic E-state index is 4.38. The summed E-state index contributed by atoms with van der Waals surface area (Å²) in [5.74, 6) is 0.662. The highest BCUT2D eigenvalue weighted by atomic mass is 79.9. The lowest BCUT2D eigenvalue weighted by Gasteiger charge is -2.12. The zero-order valence-corrected chi connectivity index (χ0v) is 21.9. The molecule has 0 fully saturated rings. The zero-order chi connectivity index (χ0) is 25.5. The molecule has 0 saturated carbocycles. The summed E-state index contributed by atoms with van der Waals surface area (Å²) in [6.45, 7) is 0. The standard InChI is InChI=1S/C33H21BrN4/c34-25-8-6-7-22(17-25)27-11-4-5-12-28(27)23-13-15-29-30-16-14-24(33-36-20-35-21-37-33)19-32(30)38(31(29)18-23)26-9-2-1-3-10-26/h1-21H. The number of aromatic nitrogens is 4. The van der Waals surface area contributed by atoms with Gasteiger partial charge in [-0.2, -0.15) is 0 Å². The minimum atomic E-state index is 0.662. The van der Waals surface area contributed by atoms with Crippen LogP contribution in [0.25, 0.3) is 61.1 Å². The molecule has 0 aliphatic rings. The van der Waals surface area contributed by atoms with Crippen molar-refractivity contribution in [1.29, 1.82) is 0 Å². The normalized spacial score (nSPS) is 11.3. The third-order valence-corrected chi connectivity index (χ3v) is 7.40. The van der Waals surface area contributed by atoms with Crippen LogP contribution in [0.5, 0.6) is 0 Å². The smallest absolute Gasteiger partial charge is 0.162 e. The number of rotatable bonds is 4. The van der Waals surface area contributed by atoms with Crippen molar-refractivity contribution in [1.82, 2.24) is 19.5 Å². The lowest BCUT2D eigenvalue weighted by molar-refractivity contribution is 1.06. The molecule has 7 aromatic rings. The van der Waals surface area contributed by atoms with Gasteiger partial charge in [0.1, 0.15) is 12.7 Å². The lowest BCUT2D eigenvalue weighted by Crippen LogP contribution is -1.95. The van der Waals surface area contributed by atoms with Crippen LogP contribution in [0.4, 0.5) is 0 Å². The molecular weight excluding hydrogens is 532 g/mol. The van der Waals surface area contributed by atoms with Gasteiger partial charge in [0.2, 0.25) is 0 Å². The van der Waals surface area contributed by atoms with Crippen LogP contribution in [0.1, 0.15) is 0 Å². The van der Waals surface area contributed by atoms with Crippen molar-refractivity contribution >= 4 is 37.7 Å². The number of hydrogen-bond acceptors (Lipinski definition) is 3. The maximum absolute atomic E-state index is 4.38. The molecule has 0 unspecified atom stereocenters. The van der Waals surface area contributed by atoms with E-state index in [1.807, 2.05) is 6.07 Å². The van der Waals surface area contributed by atoms with E-state index in [-0.39, 0.29) is 0 Å². The molecular formula is C33H21BrN4. The highest BCUT2D eigenvalue weighted by molar-refractivity contribution is 9.10. The van der Waals surface area contributed by atoms with E-state index in [1.165, 1.54) is 45.7 Å². The summed E-state index contributed by atoms with van der Waals surface area (Å²) < 4.78 is 3.40. The monoisotopic (exact) mass is 552 g/mol. The van der Waals surface area contributed by atoms with Crippen LogP contribution in [0, 0.1) is 0 Å². The largest absolute Gasteiger partial charge is 0.309 e. The fourth-order valence-electron chi connectivity index (χ4n) is 5.21. The Bertz CT molecular complexity index is 1930. The van der Waals surface area contributed by atoms with Gasteiger partial charge in [0.05, 0.1) is 11.0 Å². The highest BCUT2D eigenvalue weighted by Crippen LogP contribution is 2.39. The first-order valence-corrected chi connectivity index (χ1v) is 13.2. The van der Waals surface area contributed by atoms with Crippen LogP contribution in [0.2, 0.25) is 0 Å². The van der Waals surface area contributed by atoms with Gasteiger partial charge in [-0.05, 0) is 58.7 Å². The molecule has 7 rings (SSSR count). The molecule has 0 atom stereocenters. The molecule has 0 bridgehead atoms. The fraction of sp³-hybridized carbons (Fsp3) is 0. The van der Waals surface area contributed by atoms with Crippen LogP contribution < -0.4 is 0 Å². The number of halogens is 1. The van der Waals surface area contributed by atoms with Crippen molar-refractivity contribution in [3.63, 3.8) is 0 Å². The van der Waals surface area contributed by atoms with Gasteiger partial charge in [0, 0.05) is 26.5 Å². The quantitative estimate of drug-likeness (QED) is 0.219. The van der Waals surface area contributed by atoms with Crippen LogP contribution in [-0.2, 0) is 0 Å². The summed E-state index contributed by atoms with van der Waals surface area (Å²) >= 11 is 3.63. The fourth-order valence-corrected chi connectivity index (χ4v) is 5.61. The number of para-hydroxylation sites is 1. The Balaban J connectivity index is 1.50. The van der Waals surface area contributed by atoms with Crippen LogP contribution >= 0.6 is 15.9 Å². The minimum Gasteiger partial charge on any atom is -0.309 e. The van der Waals surface area contributed by atoms with Gasteiger partial charge in [-0.3, -0.25) is 0 Å². The van der Waals surface area contributed by atoms with Crippen molar-refractivity contribution in [2.75, 3.05) is 0 Å². The predicted molar refractivity (Wildman–Crippen MR) is 158 cm³/mol. The molecule has 5 heteroatoms. The Hall–Kier alpha value is -4.61. The van der Waals surface area contributed by atoms with Gasteiger partial charge < -0.3 is 4.57 Å². The van der Waals surface area contributed by atoms with Crippen molar-refractivity contribution in [3.8, 4) is 39.3 Å². The minimum absolute atomic E-state index is 0.662. The third-order valence-electron chi connectivity index (χ3n) is 6.91. The highest BCUT2D eigenvalue weighted by Gasteiger charge is 2.16. The second kappa shape index (κ2) is 9.36. The third kappa shape index (κ3) is 3.88. The Morgan fingerprint density at radius 1 is 0.526 bits per heavy atom. The number of nitrogens with zero attached hydrogens (tertiary/aromatic N) is 4. The first kappa shape index (κ1) is 22.6. The van der Waals surface area contributed by atoms with Crippen molar-refractivity contribution in [2.45, 2.75) is 0 Å². The summed E-state index contributed by atoms with van der Waals surface area (Å²) in [6, 6.07) is 40.8. The Morgan fingerprint density at radius 2 is 1.13 bits per heavy atom. The average Bonchev–Trinajstić information content (AvgIpc) is 3.31. The molecule has 4 nitrogen and oxygen atoms in total. The molecule has 180 valence electrons. The molecule has 0 spiro atoms. The Labute approximate surface area is 228 Å². The molecule has 2 heterocycles. The van der Waals surface area contributed by atoms with Crippen molar-refractivity contribution < 1.29 is 0 Å². The lowest BCUT2D eigenvalue weighted by atomic mass is 9.94. The molecule has 38 heavy (non-hydrogen) atoms. The van der Waals surface area contributed by atoms with E-state index in [9.17, 15) is 0 Å². The second-order valence-corrected chi connectivity index (χ2v) is 10.1. The average molecular weight is 553 g/mol. The van der Waals surface area contributed by atoms with Crippen molar-refractivity contribution in [2.24, 2.45) is 0 Å². The summed E-state index contributed by atoms with van der Waals surface area (Å²) in [4.78, 5) is 12.7. The van der Waals surface area contributed by atoms with E-state index >= 15 is 0 Å². The van der Waals surface area contributed by atoms with Crippen LogP contribution in [0.3, 0.4) is 0 Å². The molecule has 0 radical (unpaired) electrons. The Morgan fingerprint density at radius 3 is 1.82 bits per heavy atom. The summed E-state index contributed by atoms with van der Waals surface area (Å²) in [7, 11) is 0. The molecule has 0 saturated heterocycles. The number of benzene rings is 5. The number of fused-ring (bicyclic) bond motifs is 3. The van der Waals surface area contributed by atoms with Crippen LogP contribution in [0.15, 0.2) is 132 Å². The molecule has 0 amide bonds. The second-order valence-electron chi connectivity index (χ2n) is 9.15. The molecule has 5 aromatic carbocycles. The topological polar surface area (TPSA) is 43.6 Å². The van der Waals surface area contributed by atoms with E-state index < -0.39 is 0 Å². The van der Waals surface area contributed by atoms with Gasteiger partial charge in [-0.1, -0.05) is 94.8 Å². The van der Waals surface area contributed by atoms with Gasteiger partial charge >= 0.3 is 0 Å². The van der Waals surface area contributed by atoms with Crippen LogP contribution in [-0.4, -0.2) is 19.5 Å². The SMILES string of the molecule is Brc1cccc(-c2ccccc2-c2ccc3c4ccc(-c5ncncn5)cc4n(-c4ccccc4)c3c2)c1. The predicted octanol–water partition coefficient (Wildman–Crippen LogP) is 8.73. The number of hydrogen-bond donors (Lipinski definition) is 0. The van der Waals surface area contributed by atoms with E-state index in [1.54, 1.807) is 0 Å². The van der Waals surface area contributed by atoms with E-state index in [4.69, 9.17) is 0 Å². The zero-order valence-electron chi connectivity index (χ0n) is 20.3. The van der Waals surface area contributed by atoms with Gasteiger partial charge in [0.15, 0.2) is 5.82 Å². The van der Waals surface area contributed by atoms with Crippen molar-refractivity contribution in [3.05, 3.63) is 132 Å². The summed E-state index contributed by atoms with van der Waals surface area (Å²) in [6.07, 6.45) is 3.07. The van der Waals surface area contributed by atoms with Gasteiger partial charge in [0.25, 0.3) is 0 Å². The summed E-state index contributed by atoms with van der Waals surface area (Å²) in [5.41, 5.74) is 9.09. The Kier molecular flexibility index (Phi) is 5.56.